The zero-order chi connectivity index (χ0) is 14.4. The van der Waals surface area contributed by atoms with Crippen LogP contribution in [0.1, 0.15) is 19.4 Å². The number of Topliss-reactive ketones (excluding diaryl/α,β-unsaturated/α-hetero) is 2. The smallest absolute Gasteiger partial charge is 0.276 e. The first-order valence-electron chi connectivity index (χ1n) is 5.57. The van der Waals surface area contributed by atoms with Crippen LogP contribution in [-0.4, -0.2) is 16.5 Å². The Morgan fingerprint density at radius 1 is 1.16 bits per heavy atom. The highest BCUT2D eigenvalue weighted by atomic mass is 16.6. The van der Waals surface area contributed by atoms with Gasteiger partial charge in [0.25, 0.3) is 5.69 Å². The van der Waals surface area contributed by atoms with Crippen molar-refractivity contribution >= 4 is 23.3 Å². The first-order chi connectivity index (χ1) is 8.93. The molecule has 98 valence electrons. The van der Waals surface area contributed by atoms with Crippen LogP contribution in [0.15, 0.2) is 42.0 Å². The van der Waals surface area contributed by atoms with Crippen molar-refractivity contribution in [3.8, 4) is 0 Å². The molecule has 0 saturated carbocycles. The predicted octanol–water partition coefficient (Wildman–Crippen LogP) is 2.71. The average Bonchev–Trinajstić information content (AvgIpc) is 2.33. The van der Waals surface area contributed by atoms with Gasteiger partial charge in [0.1, 0.15) is 0 Å². The predicted molar refractivity (Wildman–Crippen MR) is 71.6 cm³/mol. The molecular weight excluding hydrogens is 246 g/mol. The number of hydrogen-bond acceptors (Lipinski definition) is 4. The van der Waals surface area contributed by atoms with Crippen LogP contribution in [0.25, 0.3) is 6.08 Å². The third-order valence-electron chi connectivity index (χ3n) is 2.43. The normalized spacial score (nSPS) is 10.2. The molecule has 0 bridgehead atoms. The van der Waals surface area contributed by atoms with Crippen molar-refractivity contribution in [3.05, 3.63) is 57.7 Å². The molecule has 5 heteroatoms. The van der Waals surface area contributed by atoms with Gasteiger partial charge in [-0.05, 0) is 32.1 Å². The van der Waals surface area contributed by atoms with E-state index in [-0.39, 0.29) is 22.8 Å². The second-order valence-corrected chi connectivity index (χ2v) is 3.87. The number of para-hydroxylation sites is 1. The SMILES string of the molecule is CC(=O)C(=CC=Cc1ccccc1[N+](=O)[O-])C(C)=O. The molecule has 0 aliphatic carbocycles. The second-order valence-electron chi connectivity index (χ2n) is 3.87. The van der Waals surface area contributed by atoms with E-state index < -0.39 is 4.92 Å². The van der Waals surface area contributed by atoms with Gasteiger partial charge < -0.3 is 0 Å². The summed E-state index contributed by atoms with van der Waals surface area (Å²) in [5.41, 5.74) is 0.449. The summed E-state index contributed by atoms with van der Waals surface area (Å²) < 4.78 is 0. The fraction of sp³-hybridized carbons (Fsp3) is 0.143. The van der Waals surface area contributed by atoms with Crippen molar-refractivity contribution in [3.63, 3.8) is 0 Å². The van der Waals surface area contributed by atoms with Crippen molar-refractivity contribution in [1.82, 2.24) is 0 Å². The Labute approximate surface area is 110 Å². The molecule has 0 aliphatic heterocycles. The van der Waals surface area contributed by atoms with Crippen LogP contribution in [0.2, 0.25) is 0 Å². The molecule has 0 unspecified atom stereocenters. The number of carbonyl (C=O) groups excluding carboxylic acids is 2. The summed E-state index contributed by atoms with van der Waals surface area (Å²) in [6.45, 7) is 2.60. The lowest BCUT2D eigenvalue weighted by Gasteiger charge is -1.96. The average molecular weight is 259 g/mol. The highest BCUT2D eigenvalue weighted by molar-refractivity contribution is 6.18. The highest BCUT2D eigenvalue weighted by Gasteiger charge is 2.10. The molecule has 0 aliphatic rings. The van der Waals surface area contributed by atoms with E-state index in [4.69, 9.17) is 0 Å². The van der Waals surface area contributed by atoms with Gasteiger partial charge in [0.05, 0.1) is 16.1 Å². The second kappa shape index (κ2) is 6.39. The quantitative estimate of drug-likeness (QED) is 0.203. The van der Waals surface area contributed by atoms with Crippen LogP contribution >= 0.6 is 0 Å². The van der Waals surface area contributed by atoms with Crippen LogP contribution in [0.4, 0.5) is 5.69 Å². The van der Waals surface area contributed by atoms with Crippen LogP contribution in [0.3, 0.4) is 0 Å². The minimum Gasteiger partial charge on any atom is -0.294 e. The Hall–Kier alpha value is -2.56. The van der Waals surface area contributed by atoms with Gasteiger partial charge in [0.15, 0.2) is 11.6 Å². The molecule has 0 aromatic heterocycles. The molecular formula is C14H13NO4. The molecule has 1 aromatic rings. The van der Waals surface area contributed by atoms with E-state index in [9.17, 15) is 19.7 Å². The molecule has 0 spiro atoms. The van der Waals surface area contributed by atoms with E-state index in [0.29, 0.717) is 5.56 Å². The first-order valence-corrected chi connectivity index (χ1v) is 5.57. The number of rotatable bonds is 5. The number of benzene rings is 1. The van der Waals surface area contributed by atoms with E-state index in [1.165, 1.54) is 38.1 Å². The number of allylic oxidation sites excluding steroid dienone is 3. The Morgan fingerprint density at radius 3 is 2.26 bits per heavy atom. The van der Waals surface area contributed by atoms with E-state index in [1.54, 1.807) is 18.2 Å². The molecule has 1 aromatic carbocycles. The lowest BCUT2D eigenvalue weighted by atomic mass is 10.1. The van der Waals surface area contributed by atoms with Crippen molar-refractivity contribution in [1.29, 1.82) is 0 Å². The van der Waals surface area contributed by atoms with E-state index in [0.717, 1.165) is 0 Å². The Balaban J connectivity index is 3.06. The molecule has 0 radical (unpaired) electrons. The Kier molecular flexibility index (Phi) is 4.88. The summed E-state index contributed by atoms with van der Waals surface area (Å²) in [6, 6.07) is 6.22. The van der Waals surface area contributed by atoms with Crippen LogP contribution in [-0.2, 0) is 9.59 Å². The fourth-order valence-electron chi connectivity index (χ4n) is 1.53. The maximum Gasteiger partial charge on any atom is 0.276 e. The van der Waals surface area contributed by atoms with Gasteiger partial charge in [0, 0.05) is 6.07 Å². The first kappa shape index (κ1) is 14.5. The molecule has 5 nitrogen and oxygen atoms in total. The number of carbonyl (C=O) groups is 2. The molecule has 0 saturated heterocycles. The summed E-state index contributed by atoms with van der Waals surface area (Å²) in [5, 5.41) is 10.8. The van der Waals surface area contributed by atoms with Crippen molar-refractivity contribution in [2.45, 2.75) is 13.8 Å². The van der Waals surface area contributed by atoms with Gasteiger partial charge >= 0.3 is 0 Å². The van der Waals surface area contributed by atoms with Gasteiger partial charge in [-0.3, -0.25) is 19.7 Å². The molecule has 0 N–H and O–H groups in total. The number of hydrogen-bond donors (Lipinski definition) is 0. The maximum atomic E-state index is 11.2. The molecule has 1 rings (SSSR count). The number of nitro groups is 1. The third kappa shape index (κ3) is 3.99. The lowest BCUT2D eigenvalue weighted by Crippen LogP contribution is -2.05. The minimum absolute atomic E-state index is 0.0284. The maximum absolute atomic E-state index is 11.2. The summed E-state index contributed by atoms with van der Waals surface area (Å²) >= 11 is 0. The van der Waals surface area contributed by atoms with Crippen molar-refractivity contribution < 1.29 is 14.5 Å². The fourth-order valence-corrected chi connectivity index (χ4v) is 1.53. The van der Waals surface area contributed by atoms with E-state index in [1.807, 2.05) is 0 Å². The minimum atomic E-state index is -0.486. The van der Waals surface area contributed by atoms with Crippen LogP contribution < -0.4 is 0 Å². The zero-order valence-corrected chi connectivity index (χ0v) is 10.6. The van der Waals surface area contributed by atoms with E-state index >= 15 is 0 Å². The zero-order valence-electron chi connectivity index (χ0n) is 10.6. The Bertz CT molecular complexity index is 569. The monoisotopic (exact) mass is 259 g/mol. The molecule has 0 atom stereocenters. The van der Waals surface area contributed by atoms with Gasteiger partial charge in [-0.15, -0.1) is 0 Å². The number of nitrogens with zero attached hydrogens (tertiary/aromatic N) is 1. The van der Waals surface area contributed by atoms with Crippen LogP contribution in [0, 0.1) is 10.1 Å². The number of ketones is 2. The lowest BCUT2D eigenvalue weighted by molar-refractivity contribution is -0.385. The highest BCUT2D eigenvalue weighted by Crippen LogP contribution is 2.19. The van der Waals surface area contributed by atoms with Gasteiger partial charge in [-0.25, -0.2) is 0 Å². The van der Waals surface area contributed by atoms with Gasteiger partial charge in [0.2, 0.25) is 0 Å². The number of nitro benzene ring substituents is 1. The van der Waals surface area contributed by atoms with Crippen LogP contribution in [0.5, 0.6) is 0 Å². The largest absolute Gasteiger partial charge is 0.294 e. The Morgan fingerprint density at radius 2 is 1.74 bits per heavy atom. The van der Waals surface area contributed by atoms with E-state index in [2.05, 4.69) is 0 Å². The molecule has 0 fully saturated rings. The van der Waals surface area contributed by atoms with Gasteiger partial charge in [-0.1, -0.05) is 18.2 Å². The van der Waals surface area contributed by atoms with Gasteiger partial charge in [-0.2, -0.15) is 0 Å². The molecule has 19 heavy (non-hydrogen) atoms. The van der Waals surface area contributed by atoms with Crippen molar-refractivity contribution in [2.75, 3.05) is 0 Å². The topological polar surface area (TPSA) is 77.3 Å². The summed E-state index contributed by atoms with van der Waals surface area (Å²) in [7, 11) is 0. The van der Waals surface area contributed by atoms with Crippen molar-refractivity contribution in [2.24, 2.45) is 0 Å². The third-order valence-corrected chi connectivity index (χ3v) is 2.43. The molecule has 0 heterocycles. The standard InChI is InChI=1S/C14H13NO4/c1-10(16)13(11(2)17)8-5-7-12-6-3-4-9-14(12)15(18)19/h3-9H,1-2H3. The summed E-state index contributed by atoms with van der Waals surface area (Å²) in [5.74, 6) is -0.667. The summed E-state index contributed by atoms with van der Waals surface area (Å²) in [6.07, 6.45) is 4.31. The summed E-state index contributed by atoms with van der Waals surface area (Å²) in [4.78, 5) is 32.6. The molecule has 0 amide bonds.